The number of nitrogens with one attached hydrogen (secondary N) is 1. The van der Waals surface area contributed by atoms with Gasteiger partial charge in [0, 0.05) is 6.20 Å². The van der Waals surface area contributed by atoms with Gasteiger partial charge in [-0.15, -0.1) is 0 Å². The van der Waals surface area contributed by atoms with Crippen LogP contribution in [-0.4, -0.2) is 40.0 Å². The van der Waals surface area contributed by atoms with Crippen molar-refractivity contribution >= 4 is 17.7 Å². The lowest BCUT2D eigenvalue weighted by Gasteiger charge is -2.08. The summed E-state index contributed by atoms with van der Waals surface area (Å²) in [5.74, 6) is -0.984. The first kappa shape index (κ1) is 9.50. The van der Waals surface area contributed by atoms with E-state index in [1.165, 1.54) is 11.1 Å². The molecule has 0 radical (unpaired) electrons. The molecule has 2 N–H and O–H groups in total. The van der Waals surface area contributed by atoms with Gasteiger partial charge in [-0.3, -0.25) is 14.8 Å². The first-order valence-corrected chi connectivity index (χ1v) is 4.35. The van der Waals surface area contributed by atoms with Gasteiger partial charge in [-0.05, 0) is 0 Å². The summed E-state index contributed by atoms with van der Waals surface area (Å²) in [5, 5.41) is 14.8. The summed E-state index contributed by atoms with van der Waals surface area (Å²) >= 11 is 0. The molecule has 7 heteroatoms. The number of amides is 1. The molecule has 1 saturated heterocycles. The molecule has 0 bridgehead atoms. The maximum atomic E-state index is 11.3. The van der Waals surface area contributed by atoms with Gasteiger partial charge in [0.2, 0.25) is 0 Å². The second-order valence-electron chi connectivity index (χ2n) is 3.17. The van der Waals surface area contributed by atoms with Crippen LogP contribution in [0.15, 0.2) is 12.4 Å². The first-order valence-electron chi connectivity index (χ1n) is 4.35. The lowest BCUT2D eigenvalue weighted by atomic mass is 10.2. The van der Waals surface area contributed by atoms with Crippen molar-refractivity contribution in [2.45, 2.75) is 12.5 Å². The molecule has 0 saturated carbocycles. The van der Waals surface area contributed by atoms with Crippen molar-refractivity contribution in [3.63, 3.8) is 0 Å². The number of carboxylic acids is 1. The number of H-pyrrole nitrogens is 1. The minimum absolute atomic E-state index is 0.180. The Morgan fingerprint density at radius 1 is 1.80 bits per heavy atom. The van der Waals surface area contributed by atoms with Crippen molar-refractivity contribution in [2.75, 3.05) is 11.4 Å². The third-order valence-corrected chi connectivity index (χ3v) is 2.07. The molecule has 1 atom stereocenters. The normalized spacial score (nSPS) is 20.4. The van der Waals surface area contributed by atoms with E-state index in [4.69, 9.17) is 9.84 Å². The maximum absolute atomic E-state index is 11.3. The zero-order valence-electron chi connectivity index (χ0n) is 7.71. The maximum Gasteiger partial charge on any atom is 0.414 e. The summed E-state index contributed by atoms with van der Waals surface area (Å²) in [5.41, 5.74) is 0.577. The van der Waals surface area contributed by atoms with Gasteiger partial charge in [-0.25, -0.2) is 4.79 Å². The molecule has 7 nitrogen and oxygen atoms in total. The SMILES string of the molecule is O=C(O)CC1CN(c2cn[nH]c2)C(=O)O1. The largest absolute Gasteiger partial charge is 0.481 e. The van der Waals surface area contributed by atoms with E-state index in [9.17, 15) is 9.59 Å². The first-order chi connectivity index (χ1) is 7.16. The van der Waals surface area contributed by atoms with Crippen LogP contribution in [0.4, 0.5) is 10.5 Å². The average molecular weight is 211 g/mol. The van der Waals surface area contributed by atoms with Gasteiger partial charge in [-0.2, -0.15) is 5.10 Å². The lowest BCUT2D eigenvalue weighted by Crippen LogP contribution is -2.24. The van der Waals surface area contributed by atoms with E-state index in [1.807, 2.05) is 0 Å². The molecule has 80 valence electrons. The van der Waals surface area contributed by atoms with Crippen LogP contribution < -0.4 is 4.90 Å². The zero-order chi connectivity index (χ0) is 10.8. The fraction of sp³-hybridized carbons (Fsp3) is 0.375. The van der Waals surface area contributed by atoms with Crippen LogP contribution in [0, 0.1) is 0 Å². The van der Waals surface area contributed by atoms with Crippen LogP contribution >= 0.6 is 0 Å². The Bertz CT molecular complexity index is 375. The van der Waals surface area contributed by atoms with Crippen molar-refractivity contribution < 1.29 is 19.4 Å². The van der Waals surface area contributed by atoms with Crippen molar-refractivity contribution in [3.8, 4) is 0 Å². The quantitative estimate of drug-likeness (QED) is 0.745. The van der Waals surface area contributed by atoms with Crippen molar-refractivity contribution in [1.29, 1.82) is 0 Å². The molecular weight excluding hydrogens is 202 g/mol. The van der Waals surface area contributed by atoms with Crippen LogP contribution in [0.5, 0.6) is 0 Å². The second-order valence-corrected chi connectivity index (χ2v) is 3.17. The highest BCUT2D eigenvalue weighted by molar-refractivity contribution is 5.89. The van der Waals surface area contributed by atoms with Gasteiger partial charge < -0.3 is 9.84 Å². The Balaban J connectivity index is 2.05. The summed E-state index contributed by atoms with van der Waals surface area (Å²) in [6.07, 6.45) is 1.71. The predicted molar refractivity (Wildman–Crippen MR) is 48.5 cm³/mol. The fourth-order valence-electron chi connectivity index (χ4n) is 1.43. The number of anilines is 1. The van der Waals surface area contributed by atoms with E-state index >= 15 is 0 Å². The van der Waals surface area contributed by atoms with E-state index in [1.54, 1.807) is 6.20 Å². The highest BCUT2D eigenvalue weighted by Gasteiger charge is 2.33. The Morgan fingerprint density at radius 2 is 2.60 bits per heavy atom. The number of hydrogen-bond acceptors (Lipinski definition) is 4. The Hall–Kier alpha value is -2.05. The fourth-order valence-corrected chi connectivity index (χ4v) is 1.43. The smallest absolute Gasteiger partial charge is 0.414 e. The molecule has 1 aliphatic rings. The number of rotatable bonds is 3. The minimum Gasteiger partial charge on any atom is -0.481 e. The van der Waals surface area contributed by atoms with Gasteiger partial charge in [-0.1, -0.05) is 0 Å². The number of nitrogens with zero attached hydrogens (tertiary/aromatic N) is 2. The summed E-state index contributed by atoms with van der Waals surface area (Å²) in [4.78, 5) is 23.1. The molecule has 1 unspecified atom stereocenters. The molecule has 15 heavy (non-hydrogen) atoms. The Labute approximate surface area is 84.6 Å². The topological polar surface area (TPSA) is 95.5 Å². The van der Waals surface area contributed by atoms with Crippen LogP contribution in [0.3, 0.4) is 0 Å². The molecule has 1 aromatic heterocycles. The van der Waals surface area contributed by atoms with Gasteiger partial charge >= 0.3 is 12.1 Å². The summed E-state index contributed by atoms with van der Waals surface area (Å²) < 4.78 is 4.87. The molecule has 2 heterocycles. The summed E-state index contributed by atoms with van der Waals surface area (Å²) in [6.45, 7) is 0.241. The summed E-state index contributed by atoms with van der Waals surface area (Å²) in [7, 11) is 0. The molecule has 0 aliphatic carbocycles. The predicted octanol–water partition coefficient (Wildman–Crippen LogP) is 0.210. The number of carbonyl (C=O) groups excluding carboxylic acids is 1. The van der Waals surface area contributed by atoms with E-state index in [0.717, 1.165) is 0 Å². The monoisotopic (exact) mass is 211 g/mol. The van der Waals surface area contributed by atoms with E-state index in [2.05, 4.69) is 10.2 Å². The lowest BCUT2D eigenvalue weighted by molar-refractivity contribution is -0.138. The molecule has 1 aromatic rings. The molecule has 1 aliphatic heterocycles. The second kappa shape index (κ2) is 3.60. The zero-order valence-corrected chi connectivity index (χ0v) is 7.71. The number of carboxylic acid groups (broad SMARTS) is 1. The molecule has 1 amide bonds. The third kappa shape index (κ3) is 1.90. The van der Waals surface area contributed by atoms with Gasteiger partial charge in [0.05, 0.1) is 24.8 Å². The van der Waals surface area contributed by atoms with Crippen molar-refractivity contribution in [2.24, 2.45) is 0 Å². The van der Waals surface area contributed by atoms with E-state index < -0.39 is 18.2 Å². The van der Waals surface area contributed by atoms with Gasteiger partial charge in [0.25, 0.3) is 0 Å². The highest BCUT2D eigenvalue weighted by atomic mass is 16.6. The minimum atomic E-state index is -0.984. The number of aliphatic carboxylic acids is 1. The third-order valence-electron chi connectivity index (χ3n) is 2.07. The van der Waals surface area contributed by atoms with Crippen LogP contribution in [0.2, 0.25) is 0 Å². The van der Waals surface area contributed by atoms with Crippen LogP contribution in [0.25, 0.3) is 0 Å². The van der Waals surface area contributed by atoms with E-state index in [-0.39, 0.29) is 13.0 Å². The Kier molecular flexibility index (Phi) is 2.28. The Morgan fingerprint density at radius 3 is 3.20 bits per heavy atom. The number of aromatic amines is 1. The summed E-state index contributed by atoms with van der Waals surface area (Å²) in [6, 6.07) is 0. The van der Waals surface area contributed by atoms with Crippen LogP contribution in [0.1, 0.15) is 6.42 Å². The number of hydrogen-bond donors (Lipinski definition) is 2. The van der Waals surface area contributed by atoms with Gasteiger partial charge in [0.1, 0.15) is 6.10 Å². The van der Waals surface area contributed by atoms with Gasteiger partial charge in [0.15, 0.2) is 0 Å². The number of cyclic esters (lactones) is 1. The van der Waals surface area contributed by atoms with E-state index in [0.29, 0.717) is 5.69 Å². The molecule has 0 spiro atoms. The number of aromatic nitrogens is 2. The molecule has 2 rings (SSSR count). The molecular formula is C8H9N3O4. The standard InChI is InChI=1S/C8H9N3O4/c12-7(13)1-6-4-11(8(14)15-6)5-2-9-10-3-5/h2-3,6H,1,4H2,(H,9,10)(H,12,13). The average Bonchev–Trinajstić information content (AvgIpc) is 2.72. The number of ether oxygens (including phenoxy) is 1. The van der Waals surface area contributed by atoms with Crippen molar-refractivity contribution in [3.05, 3.63) is 12.4 Å². The molecule has 0 aromatic carbocycles. The van der Waals surface area contributed by atoms with Crippen molar-refractivity contribution in [1.82, 2.24) is 10.2 Å². The number of carbonyl (C=O) groups is 2. The molecule has 1 fully saturated rings. The van der Waals surface area contributed by atoms with Crippen LogP contribution in [-0.2, 0) is 9.53 Å². The highest BCUT2D eigenvalue weighted by Crippen LogP contribution is 2.21.